The molecule has 0 aliphatic heterocycles. The fraction of sp³-hybridized carbons (Fsp3) is 0. The number of hydrogen-bond donors (Lipinski definition) is 0. The van der Waals surface area contributed by atoms with E-state index in [9.17, 15) is 0 Å². The average molecular weight is 343 g/mol. The van der Waals surface area contributed by atoms with E-state index in [4.69, 9.17) is 0 Å². The van der Waals surface area contributed by atoms with E-state index in [0.29, 0.717) is 0 Å². The molecule has 0 saturated carbocycles. The fourth-order valence-electron chi connectivity index (χ4n) is 2.42. The van der Waals surface area contributed by atoms with E-state index in [1.54, 1.807) is 12.4 Å². The smallest absolute Gasteiger partial charge is 0.0160 e. The molecule has 2 nitrogen and oxygen atoms in total. The summed E-state index contributed by atoms with van der Waals surface area (Å²) in [6.45, 7) is 0. The van der Waals surface area contributed by atoms with Gasteiger partial charge in [-0.1, -0.05) is 23.6 Å². The summed E-state index contributed by atoms with van der Waals surface area (Å²) >= 11 is 0. The van der Waals surface area contributed by atoms with Crippen LogP contribution in [-0.2, 0) is 32.7 Å². The maximum Gasteiger partial charge on any atom is 0.0160 e. The number of hydrogen-bond acceptors (Lipinski definition) is 2. The minimum absolute atomic E-state index is 0. The third kappa shape index (κ3) is 2.62. The van der Waals surface area contributed by atoms with Gasteiger partial charge < -0.3 is 4.98 Å². The molecule has 4 rings (SSSR count). The van der Waals surface area contributed by atoms with Crippen molar-refractivity contribution in [3.05, 3.63) is 73.1 Å². The van der Waals surface area contributed by atoms with Crippen molar-refractivity contribution in [3.63, 3.8) is 0 Å². The van der Waals surface area contributed by atoms with Gasteiger partial charge in [0.1, 0.15) is 0 Å². The molecular formula is C18H10N2Y-2. The second-order valence-corrected chi connectivity index (χ2v) is 4.62. The quantitative estimate of drug-likeness (QED) is 0.488. The van der Waals surface area contributed by atoms with Gasteiger partial charge in [-0.2, -0.15) is 6.07 Å². The molecule has 0 N–H and O–H groups in total. The van der Waals surface area contributed by atoms with Gasteiger partial charge in [-0.15, -0.1) is 17.5 Å². The van der Waals surface area contributed by atoms with Crippen molar-refractivity contribution in [1.29, 1.82) is 0 Å². The van der Waals surface area contributed by atoms with E-state index < -0.39 is 0 Å². The first-order valence-electron chi connectivity index (χ1n) is 6.44. The zero-order valence-electron chi connectivity index (χ0n) is 11.2. The minimum Gasteiger partial charge on any atom is -0.305 e. The summed E-state index contributed by atoms with van der Waals surface area (Å²) in [4.78, 5) is 8.67. The van der Waals surface area contributed by atoms with E-state index in [0.717, 1.165) is 32.9 Å². The van der Waals surface area contributed by atoms with Gasteiger partial charge in [-0.3, -0.25) is 16.1 Å². The van der Waals surface area contributed by atoms with E-state index in [-0.39, 0.29) is 32.7 Å². The molecule has 21 heavy (non-hydrogen) atoms. The molecule has 1 radical (unpaired) electrons. The van der Waals surface area contributed by atoms with Gasteiger partial charge in [0.25, 0.3) is 0 Å². The number of benzene rings is 2. The van der Waals surface area contributed by atoms with Crippen LogP contribution in [0, 0.1) is 12.1 Å². The Kier molecular flexibility index (Phi) is 4.09. The van der Waals surface area contributed by atoms with Gasteiger partial charge >= 0.3 is 0 Å². The summed E-state index contributed by atoms with van der Waals surface area (Å²) in [5, 5.41) is 2.20. The van der Waals surface area contributed by atoms with Crippen LogP contribution in [0.15, 0.2) is 60.9 Å². The minimum atomic E-state index is 0. The molecule has 97 valence electrons. The third-order valence-electron chi connectivity index (χ3n) is 3.39. The molecule has 2 aromatic carbocycles. The summed E-state index contributed by atoms with van der Waals surface area (Å²) in [6, 6.07) is 22.6. The largest absolute Gasteiger partial charge is 0.305 e. The van der Waals surface area contributed by atoms with Gasteiger partial charge in [-0.25, -0.2) is 12.1 Å². The molecule has 0 atom stereocenters. The third-order valence-corrected chi connectivity index (χ3v) is 3.39. The maximum absolute atomic E-state index is 4.35. The first kappa shape index (κ1) is 14.3. The van der Waals surface area contributed by atoms with Crippen molar-refractivity contribution < 1.29 is 32.7 Å². The summed E-state index contributed by atoms with van der Waals surface area (Å²) in [6.07, 6.45) is 3.52. The zero-order valence-corrected chi connectivity index (χ0v) is 14.1. The molecule has 0 aliphatic rings. The van der Waals surface area contributed by atoms with Gasteiger partial charge in [-0.05, 0) is 23.8 Å². The number of aromatic nitrogens is 2. The molecule has 2 aromatic heterocycles. The SMILES string of the molecule is [Y].[c-]1cc2ncccc2cc1-c1[c-]cnc2ccccc12. The van der Waals surface area contributed by atoms with E-state index in [2.05, 4.69) is 40.3 Å². The predicted molar refractivity (Wildman–Crippen MR) is 80.2 cm³/mol. The van der Waals surface area contributed by atoms with Crippen LogP contribution in [0.25, 0.3) is 32.9 Å². The van der Waals surface area contributed by atoms with Crippen molar-refractivity contribution in [1.82, 2.24) is 9.97 Å². The van der Waals surface area contributed by atoms with E-state index in [1.165, 1.54) is 0 Å². The first-order chi connectivity index (χ1) is 9.92. The Morgan fingerprint density at radius 1 is 0.857 bits per heavy atom. The summed E-state index contributed by atoms with van der Waals surface area (Å²) < 4.78 is 0. The molecule has 0 unspecified atom stereocenters. The molecular weight excluding hydrogens is 333 g/mol. The number of nitrogens with zero attached hydrogens (tertiary/aromatic N) is 2. The van der Waals surface area contributed by atoms with Crippen LogP contribution < -0.4 is 0 Å². The topological polar surface area (TPSA) is 25.8 Å². The molecule has 0 amide bonds. The number of para-hydroxylation sites is 1. The van der Waals surface area contributed by atoms with Crippen LogP contribution in [0.4, 0.5) is 0 Å². The van der Waals surface area contributed by atoms with Crippen molar-refractivity contribution in [2.45, 2.75) is 0 Å². The molecule has 0 saturated heterocycles. The predicted octanol–water partition coefficient (Wildman–Crippen LogP) is 4.05. The number of rotatable bonds is 1. The molecule has 2 heterocycles. The Balaban J connectivity index is 0.00000132. The van der Waals surface area contributed by atoms with Crippen LogP contribution in [0.1, 0.15) is 0 Å². The van der Waals surface area contributed by atoms with Gasteiger partial charge in [0.05, 0.1) is 0 Å². The van der Waals surface area contributed by atoms with Crippen LogP contribution in [0.2, 0.25) is 0 Å². The molecule has 3 heteroatoms. The van der Waals surface area contributed by atoms with Gasteiger partial charge in [0, 0.05) is 44.4 Å². The average Bonchev–Trinajstić information content (AvgIpc) is 2.54. The van der Waals surface area contributed by atoms with Crippen LogP contribution in [0.3, 0.4) is 0 Å². The monoisotopic (exact) mass is 343 g/mol. The molecule has 0 aliphatic carbocycles. The van der Waals surface area contributed by atoms with Crippen molar-refractivity contribution in [2.75, 3.05) is 0 Å². The second kappa shape index (κ2) is 6.01. The van der Waals surface area contributed by atoms with Crippen LogP contribution in [-0.4, -0.2) is 9.97 Å². The molecule has 4 aromatic rings. The zero-order chi connectivity index (χ0) is 13.4. The number of fused-ring (bicyclic) bond motifs is 2. The Morgan fingerprint density at radius 2 is 1.76 bits per heavy atom. The fourth-order valence-corrected chi connectivity index (χ4v) is 2.42. The Labute approximate surface area is 148 Å². The van der Waals surface area contributed by atoms with Crippen molar-refractivity contribution in [2.24, 2.45) is 0 Å². The summed E-state index contributed by atoms with van der Waals surface area (Å²) in [5.74, 6) is 0. The molecule has 0 fully saturated rings. The van der Waals surface area contributed by atoms with Crippen LogP contribution in [0.5, 0.6) is 0 Å². The normalized spacial score (nSPS) is 10.5. The van der Waals surface area contributed by atoms with Crippen LogP contribution >= 0.6 is 0 Å². The van der Waals surface area contributed by atoms with Crippen molar-refractivity contribution in [3.8, 4) is 11.1 Å². The Morgan fingerprint density at radius 3 is 2.71 bits per heavy atom. The first-order valence-corrected chi connectivity index (χ1v) is 6.44. The van der Waals surface area contributed by atoms with E-state index in [1.807, 2.05) is 30.3 Å². The molecule has 0 spiro atoms. The summed E-state index contributed by atoms with van der Waals surface area (Å²) in [5.41, 5.74) is 3.97. The Hall–Kier alpha value is -1.64. The second-order valence-electron chi connectivity index (χ2n) is 4.62. The van der Waals surface area contributed by atoms with E-state index >= 15 is 0 Å². The Bertz CT molecular complexity index is 913. The number of pyridine rings is 2. The van der Waals surface area contributed by atoms with Gasteiger partial charge in [0.2, 0.25) is 0 Å². The van der Waals surface area contributed by atoms with Crippen molar-refractivity contribution >= 4 is 21.8 Å². The standard InChI is InChI=1S/C18H10N2.Y/c1-2-6-18-16(5-1)15(9-11-20-18)13-7-8-17-14(12-13)4-3-10-19-17;/h1-6,8,10-12H;/q-2;. The maximum atomic E-state index is 4.35. The summed E-state index contributed by atoms with van der Waals surface area (Å²) in [7, 11) is 0. The van der Waals surface area contributed by atoms with Gasteiger partial charge in [0.15, 0.2) is 0 Å². The molecule has 0 bridgehead atoms.